The van der Waals surface area contributed by atoms with Crippen LogP contribution in [0.3, 0.4) is 0 Å². The molecule has 3 heterocycles. The summed E-state index contributed by atoms with van der Waals surface area (Å²) >= 11 is 7.05. The summed E-state index contributed by atoms with van der Waals surface area (Å²) in [5, 5.41) is 18.4. The quantitative estimate of drug-likeness (QED) is 0.524. The van der Waals surface area contributed by atoms with E-state index in [2.05, 4.69) is 44.0 Å². The van der Waals surface area contributed by atoms with Crippen molar-refractivity contribution in [3.8, 4) is 11.4 Å². The van der Waals surface area contributed by atoms with Crippen molar-refractivity contribution in [3.05, 3.63) is 30.3 Å². The Morgan fingerprint density at radius 2 is 1.88 bits per heavy atom. The van der Waals surface area contributed by atoms with Gasteiger partial charge in [-0.05, 0) is 6.42 Å². The molecule has 0 spiro atoms. The Morgan fingerprint density at radius 3 is 2.68 bits per heavy atom. The Kier molecular flexibility index (Phi) is 5.64. The summed E-state index contributed by atoms with van der Waals surface area (Å²) < 4.78 is 4.40. The van der Waals surface area contributed by atoms with Crippen molar-refractivity contribution in [3.63, 3.8) is 0 Å². The second kappa shape index (κ2) is 8.11. The molecule has 25 heavy (non-hydrogen) atoms. The molecule has 0 aliphatic carbocycles. The van der Waals surface area contributed by atoms with Crippen molar-refractivity contribution in [2.75, 3.05) is 17.3 Å². The zero-order chi connectivity index (χ0) is 17.1. The lowest BCUT2D eigenvalue weighted by Crippen LogP contribution is -2.11. The van der Waals surface area contributed by atoms with Crippen LogP contribution in [-0.4, -0.2) is 42.2 Å². The van der Waals surface area contributed by atoms with E-state index in [-0.39, 0.29) is 0 Å². The fourth-order valence-electron chi connectivity index (χ4n) is 2.53. The second-order valence-corrected chi connectivity index (χ2v) is 10.1. The Labute approximate surface area is 163 Å². The van der Waals surface area contributed by atoms with E-state index >= 15 is 0 Å². The molecule has 2 aromatic heterocycles. The van der Waals surface area contributed by atoms with E-state index in [1.807, 2.05) is 18.2 Å². The fourth-order valence-corrected chi connectivity index (χ4v) is 6.81. The maximum atomic E-state index is 4.41. The van der Waals surface area contributed by atoms with Crippen LogP contribution >= 0.6 is 46.6 Å². The number of hydrogen-bond donors (Lipinski definition) is 0. The average molecular weight is 408 g/mol. The van der Waals surface area contributed by atoms with Crippen LogP contribution in [0.5, 0.6) is 0 Å². The van der Waals surface area contributed by atoms with Gasteiger partial charge in [-0.2, -0.15) is 0 Å². The summed E-state index contributed by atoms with van der Waals surface area (Å²) in [6.45, 7) is 2.18. The highest BCUT2D eigenvalue weighted by atomic mass is 32.2. The first-order valence-corrected chi connectivity index (χ1v) is 11.8. The van der Waals surface area contributed by atoms with Crippen LogP contribution in [0.4, 0.5) is 0 Å². The number of rotatable bonds is 7. The number of hydrogen-bond acceptors (Lipinski definition) is 8. The summed E-state index contributed by atoms with van der Waals surface area (Å²) in [7, 11) is 0. The highest BCUT2D eigenvalue weighted by molar-refractivity contribution is 8.03. The summed E-state index contributed by atoms with van der Waals surface area (Å²) in [5.41, 5.74) is 1.12. The Morgan fingerprint density at radius 1 is 1.08 bits per heavy atom. The maximum Gasteiger partial charge on any atom is 0.191 e. The smallest absolute Gasteiger partial charge is 0.191 e. The van der Waals surface area contributed by atoms with E-state index in [1.54, 1.807) is 46.6 Å². The molecule has 3 aromatic rings. The molecule has 1 aliphatic rings. The van der Waals surface area contributed by atoms with Gasteiger partial charge in [-0.1, -0.05) is 83.9 Å². The van der Waals surface area contributed by atoms with Crippen LogP contribution in [-0.2, 0) is 0 Å². The van der Waals surface area contributed by atoms with Gasteiger partial charge in [-0.3, -0.25) is 4.57 Å². The van der Waals surface area contributed by atoms with Gasteiger partial charge in [-0.25, -0.2) is 0 Å². The topological polar surface area (TPSA) is 56.5 Å². The standard InChI is InChI=1S/C16H17N5S4/c1-2-8-22-15-19-20-16(25-15)24-10-12-9-23-14-18-17-13(21(12)14)11-6-4-3-5-7-11/h3-7,12H,2,8-10H2,1H3/t12-/m0/s1. The molecule has 0 saturated carbocycles. The molecule has 0 fully saturated rings. The third kappa shape index (κ3) is 3.89. The van der Waals surface area contributed by atoms with Crippen molar-refractivity contribution >= 4 is 46.6 Å². The Bertz CT molecular complexity index is 832. The molecule has 0 radical (unpaired) electrons. The maximum absolute atomic E-state index is 4.41. The van der Waals surface area contributed by atoms with Gasteiger partial charge in [0.1, 0.15) is 0 Å². The molecular weight excluding hydrogens is 390 g/mol. The zero-order valence-corrected chi connectivity index (χ0v) is 16.9. The third-order valence-electron chi connectivity index (χ3n) is 3.68. The molecule has 1 aromatic carbocycles. The van der Waals surface area contributed by atoms with Crippen molar-refractivity contribution < 1.29 is 0 Å². The first-order chi connectivity index (χ1) is 12.3. The predicted octanol–water partition coefficient (Wildman–Crippen LogP) is 4.74. The van der Waals surface area contributed by atoms with Gasteiger partial charge in [0, 0.05) is 22.8 Å². The monoisotopic (exact) mass is 407 g/mol. The highest BCUT2D eigenvalue weighted by Gasteiger charge is 2.28. The van der Waals surface area contributed by atoms with E-state index in [0.29, 0.717) is 6.04 Å². The SMILES string of the molecule is CCCSc1nnc(SC[C@@H]2CSc3nnc(-c4ccccc4)n32)s1. The summed E-state index contributed by atoms with van der Waals surface area (Å²) in [4.78, 5) is 0. The minimum Gasteiger partial charge on any atom is -0.297 e. The number of benzene rings is 1. The van der Waals surface area contributed by atoms with Gasteiger partial charge in [0.05, 0.1) is 6.04 Å². The van der Waals surface area contributed by atoms with Crippen LogP contribution in [0.25, 0.3) is 11.4 Å². The number of nitrogens with zero attached hydrogens (tertiary/aromatic N) is 5. The molecule has 1 atom stereocenters. The molecule has 130 valence electrons. The average Bonchev–Trinajstić information content (AvgIpc) is 3.36. The first-order valence-electron chi connectivity index (χ1n) is 8.07. The zero-order valence-electron chi connectivity index (χ0n) is 13.7. The third-order valence-corrected chi connectivity index (χ3v) is 8.31. The minimum atomic E-state index is 0.380. The van der Waals surface area contributed by atoms with Crippen LogP contribution < -0.4 is 0 Å². The molecule has 0 unspecified atom stereocenters. The molecule has 0 bridgehead atoms. The van der Waals surface area contributed by atoms with Gasteiger partial charge in [0.15, 0.2) is 19.7 Å². The highest BCUT2D eigenvalue weighted by Crippen LogP contribution is 2.39. The van der Waals surface area contributed by atoms with Crippen molar-refractivity contribution in [2.24, 2.45) is 0 Å². The van der Waals surface area contributed by atoms with Crippen LogP contribution in [0.15, 0.2) is 44.2 Å². The van der Waals surface area contributed by atoms with Gasteiger partial charge in [0.25, 0.3) is 0 Å². The van der Waals surface area contributed by atoms with Crippen LogP contribution in [0.1, 0.15) is 19.4 Å². The molecule has 5 nitrogen and oxygen atoms in total. The van der Waals surface area contributed by atoms with Crippen molar-refractivity contribution in [1.82, 2.24) is 25.0 Å². The van der Waals surface area contributed by atoms with Crippen LogP contribution in [0.2, 0.25) is 0 Å². The van der Waals surface area contributed by atoms with E-state index in [1.165, 1.54) is 0 Å². The lowest BCUT2D eigenvalue weighted by atomic mass is 10.2. The summed E-state index contributed by atoms with van der Waals surface area (Å²) in [6, 6.07) is 10.7. The summed E-state index contributed by atoms with van der Waals surface area (Å²) in [5.74, 6) is 4.06. The van der Waals surface area contributed by atoms with Gasteiger partial charge < -0.3 is 0 Å². The second-order valence-electron chi connectivity index (χ2n) is 5.50. The van der Waals surface area contributed by atoms with Gasteiger partial charge in [-0.15, -0.1) is 20.4 Å². The van der Waals surface area contributed by atoms with E-state index < -0.39 is 0 Å². The van der Waals surface area contributed by atoms with E-state index in [4.69, 9.17) is 0 Å². The molecule has 0 N–H and O–H groups in total. The Balaban J connectivity index is 1.46. The molecule has 9 heteroatoms. The number of fused-ring (bicyclic) bond motifs is 1. The molecule has 0 amide bonds. The first kappa shape index (κ1) is 17.4. The molecule has 4 rings (SSSR count). The number of aromatic nitrogens is 5. The molecule has 0 saturated heterocycles. The van der Waals surface area contributed by atoms with Gasteiger partial charge >= 0.3 is 0 Å². The summed E-state index contributed by atoms with van der Waals surface area (Å²) in [6.07, 6.45) is 1.16. The van der Waals surface area contributed by atoms with Gasteiger partial charge in [0.2, 0.25) is 0 Å². The van der Waals surface area contributed by atoms with E-state index in [9.17, 15) is 0 Å². The van der Waals surface area contributed by atoms with Crippen molar-refractivity contribution in [2.45, 2.75) is 33.2 Å². The number of thioether (sulfide) groups is 3. The molecular formula is C16H17N5S4. The van der Waals surface area contributed by atoms with E-state index in [0.717, 1.165) is 48.9 Å². The molecule has 1 aliphatic heterocycles. The largest absolute Gasteiger partial charge is 0.297 e. The van der Waals surface area contributed by atoms with Crippen molar-refractivity contribution in [1.29, 1.82) is 0 Å². The van der Waals surface area contributed by atoms with Crippen LogP contribution in [0, 0.1) is 0 Å². The predicted molar refractivity (Wildman–Crippen MR) is 107 cm³/mol. The minimum absolute atomic E-state index is 0.380. The Hall–Kier alpha value is -1.03. The lowest BCUT2D eigenvalue weighted by molar-refractivity contribution is 0.597. The lowest BCUT2D eigenvalue weighted by Gasteiger charge is -2.13. The normalized spacial score (nSPS) is 16.3. The fraction of sp³-hybridized carbons (Fsp3) is 0.375.